The van der Waals surface area contributed by atoms with Crippen LogP contribution in [0.2, 0.25) is 0 Å². The Morgan fingerprint density at radius 3 is 2.30 bits per heavy atom. The van der Waals surface area contributed by atoms with Gasteiger partial charge in [0.25, 0.3) is 5.91 Å². The molecule has 0 radical (unpaired) electrons. The summed E-state index contributed by atoms with van der Waals surface area (Å²) in [5.41, 5.74) is 1.03. The number of rotatable bonds is 7. The van der Waals surface area contributed by atoms with Crippen LogP contribution in [0.3, 0.4) is 0 Å². The first-order chi connectivity index (χ1) is 13.1. The zero-order valence-electron chi connectivity index (χ0n) is 14.5. The molecule has 27 heavy (non-hydrogen) atoms. The van der Waals surface area contributed by atoms with Crippen LogP contribution >= 0.6 is 0 Å². The lowest BCUT2D eigenvalue weighted by Gasteiger charge is -2.08. The summed E-state index contributed by atoms with van der Waals surface area (Å²) in [6, 6.07) is 16.4. The van der Waals surface area contributed by atoms with E-state index in [1.165, 1.54) is 23.8 Å². The lowest BCUT2D eigenvalue weighted by Crippen LogP contribution is -2.26. The van der Waals surface area contributed by atoms with E-state index in [9.17, 15) is 13.6 Å². The van der Waals surface area contributed by atoms with E-state index < -0.39 is 11.6 Å². The Hall–Kier alpha value is -3.35. The van der Waals surface area contributed by atoms with Gasteiger partial charge in [-0.1, -0.05) is 36.4 Å². The van der Waals surface area contributed by atoms with Crippen LogP contribution in [-0.4, -0.2) is 22.6 Å². The smallest absolute Gasteiger partial charge is 0.271 e. The van der Waals surface area contributed by atoms with E-state index in [1.54, 1.807) is 0 Å². The standard InChI is InChI=1S/C20H18F2N4O/c21-15-9-4-10-16(22)19(15)24-18-12-11-17(25-26-18)20(27)23-13-5-8-14-6-2-1-3-7-14/h1-4,6-7,9-12H,5,8,13H2,(H,23,27)(H,24,26). The van der Waals surface area contributed by atoms with Gasteiger partial charge in [-0.25, -0.2) is 8.78 Å². The Labute approximate surface area is 155 Å². The fraction of sp³-hybridized carbons (Fsp3) is 0.150. The van der Waals surface area contributed by atoms with Crippen molar-refractivity contribution in [3.63, 3.8) is 0 Å². The summed E-state index contributed by atoms with van der Waals surface area (Å²) in [4.78, 5) is 12.1. The number of carbonyl (C=O) groups is 1. The number of benzene rings is 2. The molecule has 5 nitrogen and oxygen atoms in total. The van der Waals surface area contributed by atoms with Gasteiger partial charge in [-0.15, -0.1) is 10.2 Å². The molecule has 0 bridgehead atoms. The number of aromatic nitrogens is 2. The van der Waals surface area contributed by atoms with Crippen LogP contribution in [0, 0.1) is 11.6 Å². The van der Waals surface area contributed by atoms with Crippen LogP contribution in [0.4, 0.5) is 20.3 Å². The van der Waals surface area contributed by atoms with Crippen LogP contribution in [0.5, 0.6) is 0 Å². The molecule has 1 heterocycles. The normalized spacial score (nSPS) is 10.4. The zero-order valence-corrected chi connectivity index (χ0v) is 14.5. The van der Waals surface area contributed by atoms with E-state index in [0.717, 1.165) is 25.0 Å². The number of anilines is 2. The number of carbonyl (C=O) groups excluding carboxylic acids is 1. The molecule has 0 fully saturated rings. The molecule has 7 heteroatoms. The molecule has 0 aliphatic carbocycles. The van der Waals surface area contributed by atoms with Gasteiger partial charge >= 0.3 is 0 Å². The second-order valence-electron chi connectivity index (χ2n) is 5.87. The summed E-state index contributed by atoms with van der Waals surface area (Å²) in [5.74, 6) is -1.69. The first-order valence-electron chi connectivity index (χ1n) is 8.50. The number of nitrogens with one attached hydrogen (secondary N) is 2. The van der Waals surface area contributed by atoms with Gasteiger partial charge in [-0.2, -0.15) is 0 Å². The van der Waals surface area contributed by atoms with E-state index >= 15 is 0 Å². The summed E-state index contributed by atoms with van der Waals surface area (Å²) in [6.07, 6.45) is 1.67. The third kappa shape index (κ3) is 5.07. The third-order valence-electron chi connectivity index (χ3n) is 3.88. The lowest BCUT2D eigenvalue weighted by atomic mass is 10.1. The van der Waals surface area contributed by atoms with E-state index in [1.807, 2.05) is 30.3 Å². The Morgan fingerprint density at radius 1 is 0.889 bits per heavy atom. The molecular formula is C20H18F2N4O. The predicted molar refractivity (Wildman–Crippen MR) is 98.8 cm³/mol. The Bertz CT molecular complexity index is 881. The van der Waals surface area contributed by atoms with E-state index in [4.69, 9.17) is 0 Å². The zero-order chi connectivity index (χ0) is 19.1. The maximum Gasteiger partial charge on any atom is 0.271 e. The second-order valence-corrected chi connectivity index (χ2v) is 5.87. The van der Waals surface area contributed by atoms with Crippen LogP contribution < -0.4 is 10.6 Å². The number of aryl methyl sites for hydroxylation is 1. The van der Waals surface area contributed by atoms with Gasteiger partial charge in [0.2, 0.25) is 0 Å². The fourth-order valence-electron chi connectivity index (χ4n) is 2.50. The van der Waals surface area contributed by atoms with E-state index in [-0.39, 0.29) is 23.1 Å². The number of amides is 1. The summed E-state index contributed by atoms with van der Waals surface area (Å²) < 4.78 is 27.2. The van der Waals surface area contributed by atoms with Gasteiger partial charge in [0.15, 0.2) is 11.5 Å². The summed E-state index contributed by atoms with van der Waals surface area (Å²) in [5, 5.41) is 12.9. The van der Waals surface area contributed by atoms with Crippen molar-refractivity contribution in [3.05, 3.63) is 83.6 Å². The highest BCUT2D eigenvalue weighted by molar-refractivity contribution is 5.92. The largest absolute Gasteiger partial charge is 0.351 e. The van der Waals surface area contributed by atoms with Gasteiger partial charge in [0.05, 0.1) is 0 Å². The summed E-state index contributed by atoms with van der Waals surface area (Å²) in [7, 11) is 0. The molecule has 1 aromatic heterocycles. The SMILES string of the molecule is O=C(NCCCc1ccccc1)c1ccc(Nc2c(F)cccc2F)nn1. The van der Waals surface area contributed by atoms with Gasteiger partial charge in [-0.05, 0) is 42.7 Å². The first kappa shape index (κ1) is 18.4. The van der Waals surface area contributed by atoms with Crippen molar-refractivity contribution in [2.24, 2.45) is 0 Å². The van der Waals surface area contributed by atoms with Crippen molar-refractivity contribution in [1.29, 1.82) is 0 Å². The number of nitrogens with zero attached hydrogens (tertiary/aromatic N) is 2. The van der Waals surface area contributed by atoms with Crippen LogP contribution in [0.25, 0.3) is 0 Å². The number of para-hydroxylation sites is 1. The van der Waals surface area contributed by atoms with Gasteiger partial charge in [-0.3, -0.25) is 4.79 Å². The molecule has 2 N–H and O–H groups in total. The summed E-state index contributed by atoms with van der Waals surface area (Å²) >= 11 is 0. The first-order valence-corrected chi connectivity index (χ1v) is 8.50. The van der Waals surface area contributed by atoms with Crippen molar-refractivity contribution < 1.29 is 13.6 Å². The predicted octanol–water partition coefficient (Wildman–Crippen LogP) is 3.86. The highest BCUT2D eigenvalue weighted by Gasteiger charge is 2.11. The second kappa shape index (κ2) is 8.84. The monoisotopic (exact) mass is 368 g/mol. The molecule has 0 spiro atoms. The molecule has 3 aromatic rings. The number of hydrogen-bond donors (Lipinski definition) is 2. The lowest BCUT2D eigenvalue weighted by molar-refractivity contribution is 0.0947. The molecule has 0 aliphatic rings. The molecule has 0 atom stereocenters. The van der Waals surface area contributed by atoms with Crippen molar-refractivity contribution in [3.8, 4) is 0 Å². The average Bonchev–Trinajstić information content (AvgIpc) is 2.69. The third-order valence-corrected chi connectivity index (χ3v) is 3.88. The number of hydrogen-bond acceptors (Lipinski definition) is 4. The summed E-state index contributed by atoms with van der Waals surface area (Å²) in [6.45, 7) is 0.510. The molecule has 138 valence electrons. The minimum atomic E-state index is -0.739. The molecule has 0 saturated heterocycles. The van der Waals surface area contributed by atoms with E-state index in [0.29, 0.717) is 6.54 Å². The minimum Gasteiger partial charge on any atom is -0.351 e. The van der Waals surface area contributed by atoms with Crippen molar-refractivity contribution in [2.75, 3.05) is 11.9 Å². The quantitative estimate of drug-likeness (QED) is 0.622. The van der Waals surface area contributed by atoms with Gasteiger partial charge in [0, 0.05) is 6.54 Å². The molecule has 0 aliphatic heterocycles. The average molecular weight is 368 g/mol. The maximum atomic E-state index is 13.6. The highest BCUT2D eigenvalue weighted by Crippen LogP contribution is 2.21. The van der Waals surface area contributed by atoms with Crippen molar-refractivity contribution >= 4 is 17.4 Å². The molecule has 2 aromatic carbocycles. The van der Waals surface area contributed by atoms with Crippen LogP contribution in [-0.2, 0) is 6.42 Å². The maximum absolute atomic E-state index is 13.6. The van der Waals surface area contributed by atoms with Gasteiger partial charge in [0.1, 0.15) is 17.3 Å². The Morgan fingerprint density at radius 2 is 1.63 bits per heavy atom. The highest BCUT2D eigenvalue weighted by atomic mass is 19.1. The van der Waals surface area contributed by atoms with E-state index in [2.05, 4.69) is 20.8 Å². The van der Waals surface area contributed by atoms with Gasteiger partial charge < -0.3 is 10.6 Å². The molecule has 1 amide bonds. The van der Waals surface area contributed by atoms with Crippen molar-refractivity contribution in [1.82, 2.24) is 15.5 Å². The Kier molecular flexibility index (Phi) is 6.04. The number of halogens is 2. The molecule has 0 unspecified atom stereocenters. The van der Waals surface area contributed by atoms with Crippen molar-refractivity contribution in [2.45, 2.75) is 12.8 Å². The molecule has 3 rings (SSSR count). The topological polar surface area (TPSA) is 66.9 Å². The molecular weight excluding hydrogens is 350 g/mol. The molecule has 0 saturated carbocycles. The van der Waals surface area contributed by atoms with Crippen LogP contribution in [0.1, 0.15) is 22.5 Å². The van der Waals surface area contributed by atoms with Crippen LogP contribution in [0.15, 0.2) is 60.7 Å². The fourth-order valence-corrected chi connectivity index (χ4v) is 2.50. The minimum absolute atomic E-state index is 0.134. The Balaban J connectivity index is 1.51.